The maximum atomic E-state index is 11.1. The first-order valence-corrected chi connectivity index (χ1v) is 15.2. The molecule has 6 nitrogen and oxygen atoms in total. The molecule has 8 heteroatoms. The van der Waals surface area contributed by atoms with Crippen LogP contribution in [0.2, 0.25) is 10.0 Å². The number of rotatable bonds is 11. The molecule has 0 aromatic heterocycles. The smallest absolute Gasteiger partial charge is 0.330 e. The first-order valence-electron chi connectivity index (χ1n) is 14.4. The van der Waals surface area contributed by atoms with E-state index in [2.05, 4.69) is 36.8 Å². The maximum absolute atomic E-state index is 11.1. The van der Waals surface area contributed by atoms with Gasteiger partial charge in [-0.2, -0.15) is 0 Å². The Morgan fingerprint density at radius 1 is 0.617 bits per heavy atom. The van der Waals surface area contributed by atoms with Gasteiger partial charge in [0.25, 0.3) is 0 Å². The van der Waals surface area contributed by atoms with Crippen LogP contribution in [0.25, 0.3) is 11.1 Å². The van der Waals surface area contributed by atoms with Crippen molar-refractivity contribution < 1.29 is 28.5 Å². The standard InChI is InChI=1S/C39H30Cl2O6/c1-4-38(42)46-22-20-44-32-15-9-28(10-16-32)6-7-30-13-19-34(27(3)24-30)35-26-36(40)31(25-37(35)41)14-8-29-11-17-33(18-12-29)45-21-23-47-39(43)5-2/h4-5,9-13,15-19,24-26H,1-2,20-23H2,3H3. The van der Waals surface area contributed by atoms with Gasteiger partial charge in [0.05, 0.1) is 5.02 Å². The average Bonchev–Trinajstić information content (AvgIpc) is 3.08. The summed E-state index contributed by atoms with van der Waals surface area (Å²) in [6.45, 7) is 9.45. The highest BCUT2D eigenvalue weighted by Crippen LogP contribution is 2.35. The number of esters is 2. The molecule has 0 spiro atoms. The van der Waals surface area contributed by atoms with Crippen molar-refractivity contribution in [2.75, 3.05) is 26.4 Å². The number of benzene rings is 4. The number of ether oxygens (including phenoxy) is 4. The third kappa shape index (κ3) is 10.6. The quantitative estimate of drug-likeness (QED) is 0.0701. The van der Waals surface area contributed by atoms with Crippen molar-refractivity contribution in [2.45, 2.75) is 6.92 Å². The normalized spacial score (nSPS) is 9.94. The average molecular weight is 666 g/mol. The monoisotopic (exact) mass is 664 g/mol. The minimum atomic E-state index is -0.489. The number of carbonyl (C=O) groups excluding carboxylic acids is 2. The van der Waals surface area contributed by atoms with Crippen LogP contribution in [0.1, 0.15) is 27.8 Å². The van der Waals surface area contributed by atoms with Crippen molar-refractivity contribution in [3.63, 3.8) is 0 Å². The number of hydrogen-bond donors (Lipinski definition) is 0. The molecule has 0 heterocycles. The molecule has 0 saturated heterocycles. The van der Waals surface area contributed by atoms with Crippen molar-refractivity contribution in [3.05, 3.63) is 142 Å². The highest BCUT2D eigenvalue weighted by atomic mass is 35.5. The van der Waals surface area contributed by atoms with Gasteiger partial charge in [-0.1, -0.05) is 66.1 Å². The summed E-state index contributed by atoms with van der Waals surface area (Å²) < 4.78 is 20.9. The van der Waals surface area contributed by atoms with Crippen molar-refractivity contribution >= 4 is 35.1 Å². The van der Waals surface area contributed by atoms with Crippen LogP contribution in [-0.4, -0.2) is 38.4 Å². The van der Waals surface area contributed by atoms with Gasteiger partial charge >= 0.3 is 11.9 Å². The molecule has 47 heavy (non-hydrogen) atoms. The summed E-state index contributed by atoms with van der Waals surface area (Å²) in [5.74, 6) is 12.9. The molecule has 4 rings (SSSR count). The Balaban J connectivity index is 1.37. The van der Waals surface area contributed by atoms with E-state index in [1.807, 2.05) is 67.6 Å². The number of hydrogen-bond acceptors (Lipinski definition) is 6. The van der Waals surface area contributed by atoms with Gasteiger partial charge in [-0.05, 0) is 90.8 Å². The number of carbonyl (C=O) groups is 2. The predicted molar refractivity (Wildman–Crippen MR) is 185 cm³/mol. The second-order valence-corrected chi connectivity index (χ2v) is 10.6. The Labute approximate surface area is 284 Å². The zero-order valence-corrected chi connectivity index (χ0v) is 27.1. The summed E-state index contributed by atoms with van der Waals surface area (Å²) >= 11 is 13.3. The number of aryl methyl sites for hydroxylation is 1. The van der Waals surface area contributed by atoms with E-state index < -0.39 is 11.9 Å². The van der Waals surface area contributed by atoms with Crippen LogP contribution in [0.5, 0.6) is 11.5 Å². The first kappa shape index (κ1) is 34.5. The van der Waals surface area contributed by atoms with Crippen molar-refractivity contribution in [1.29, 1.82) is 0 Å². The lowest BCUT2D eigenvalue weighted by atomic mass is 9.97. The van der Waals surface area contributed by atoms with Crippen LogP contribution in [0.3, 0.4) is 0 Å². The molecule has 0 bridgehead atoms. The zero-order chi connectivity index (χ0) is 33.6. The van der Waals surface area contributed by atoms with Crippen LogP contribution in [0.4, 0.5) is 0 Å². The van der Waals surface area contributed by atoms with E-state index in [0.29, 0.717) is 27.1 Å². The third-order valence-corrected chi connectivity index (χ3v) is 7.13. The molecule has 0 aliphatic rings. The molecular weight excluding hydrogens is 635 g/mol. The van der Waals surface area contributed by atoms with Gasteiger partial charge in [0, 0.05) is 45.0 Å². The Kier molecular flexibility index (Phi) is 12.7. The van der Waals surface area contributed by atoms with Crippen molar-refractivity contribution in [1.82, 2.24) is 0 Å². The minimum absolute atomic E-state index is 0.132. The van der Waals surface area contributed by atoms with E-state index in [1.54, 1.807) is 18.2 Å². The summed E-state index contributed by atoms with van der Waals surface area (Å²) in [5.41, 5.74) is 5.80. The summed E-state index contributed by atoms with van der Waals surface area (Å²) in [7, 11) is 0. The van der Waals surface area contributed by atoms with E-state index in [0.717, 1.165) is 45.5 Å². The molecule has 236 valence electrons. The molecule has 0 unspecified atom stereocenters. The molecule has 4 aromatic rings. The SMILES string of the molecule is C=CC(=O)OCCOc1ccc(C#Cc2ccc(-c3cc(Cl)c(C#Cc4ccc(OCCOC(=O)C=C)cc4)cc3Cl)c(C)c2)cc1. The van der Waals surface area contributed by atoms with Gasteiger partial charge in [0.1, 0.15) is 37.9 Å². The molecule has 0 aliphatic heterocycles. The summed E-state index contributed by atoms with van der Waals surface area (Å²) in [6, 6.07) is 24.1. The van der Waals surface area contributed by atoms with Crippen LogP contribution in [-0.2, 0) is 19.1 Å². The summed E-state index contributed by atoms with van der Waals surface area (Å²) in [6.07, 6.45) is 2.22. The van der Waals surface area contributed by atoms with E-state index in [-0.39, 0.29) is 26.4 Å². The summed E-state index contributed by atoms with van der Waals surface area (Å²) in [4.78, 5) is 22.2. The van der Waals surface area contributed by atoms with E-state index in [4.69, 9.17) is 42.1 Å². The molecular formula is C39H30Cl2O6. The highest BCUT2D eigenvalue weighted by Gasteiger charge is 2.11. The van der Waals surface area contributed by atoms with E-state index in [1.165, 1.54) is 0 Å². The van der Waals surface area contributed by atoms with Crippen LogP contribution >= 0.6 is 23.2 Å². The second kappa shape index (κ2) is 17.3. The first-order chi connectivity index (χ1) is 22.7. The lowest BCUT2D eigenvalue weighted by molar-refractivity contribution is -0.139. The highest BCUT2D eigenvalue weighted by molar-refractivity contribution is 6.36. The Bertz CT molecular complexity index is 1890. The third-order valence-electron chi connectivity index (χ3n) is 6.50. The largest absolute Gasteiger partial charge is 0.490 e. The fraction of sp³-hybridized carbons (Fsp3) is 0.128. The summed E-state index contributed by atoms with van der Waals surface area (Å²) in [5, 5.41) is 1.02. The van der Waals surface area contributed by atoms with Gasteiger partial charge in [-0.15, -0.1) is 0 Å². The fourth-order valence-electron chi connectivity index (χ4n) is 4.17. The van der Waals surface area contributed by atoms with Crippen molar-refractivity contribution in [3.8, 4) is 46.3 Å². The Morgan fingerprint density at radius 3 is 1.62 bits per heavy atom. The van der Waals surface area contributed by atoms with Crippen LogP contribution in [0.15, 0.2) is 104 Å². The number of halogens is 2. The van der Waals surface area contributed by atoms with Crippen molar-refractivity contribution in [2.24, 2.45) is 0 Å². The molecule has 0 amide bonds. The van der Waals surface area contributed by atoms with E-state index in [9.17, 15) is 9.59 Å². The lowest BCUT2D eigenvalue weighted by Gasteiger charge is -2.10. The molecule has 4 aromatic carbocycles. The van der Waals surface area contributed by atoms with Crippen LogP contribution in [0, 0.1) is 30.6 Å². The van der Waals surface area contributed by atoms with Gasteiger partial charge in [0.15, 0.2) is 0 Å². The topological polar surface area (TPSA) is 71.1 Å². The predicted octanol–water partition coefficient (Wildman–Crippen LogP) is 7.98. The minimum Gasteiger partial charge on any atom is -0.490 e. The molecule has 0 radical (unpaired) electrons. The zero-order valence-electron chi connectivity index (χ0n) is 25.6. The molecule has 0 saturated carbocycles. The lowest BCUT2D eigenvalue weighted by Crippen LogP contribution is -2.10. The molecule has 0 atom stereocenters. The molecule has 0 N–H and O–H groups in total. The van der Waals surface area contributed by atoms with Crippen LogP contribution < -0.4 is 9.47 Å². The maximum Gasteiger partial charge on any atom is 0.330 e. The van der Waals surface area contributed by atoms with Gasteiger partial charge in [0.2, 0.25) is 0 Å². The van der Waals surface area contributed by atoms with Gasteiger partial charge < -0.3 is 18.9 Å². The van der Waals surface area contributed by atoms with Gasteiger partial charge in [-0.25, -0.2) is 9.59 Å². The molecule has 0 fully saturated rings. The Hall–Kier alpha value is -5.40. The molecule has 0 aliphatic carbocycles. The fourth-order valence-corrected chi connectivity index (χ4v) is 4.64. The Morgan fingerprint density at radius 2 is 1.11 bits per heavy atom. The van der Waals surface area contributed by atoms with Gasteiger partial charge in [-0.3, -0.25) is 0 Å². The van der Waals surface area contributed by atoms with E-state index >= 15 is 0 Å². The second-order valence-electron chi connectivity index (χ2n) is 9.83.